The van der Waals surface area contributed by atoms with Gasteiger partial charge in [-0.05, 0) is 67.5 Å². The van der Waals surface area contributed by atoms with Crippen molar-refractivity contribution in [1.29, 1.82) is 0 Å². The molecule has 0 fully saturated rings. The molecular weight excluding hydrogens is 352 g/mol. The van der Waals surface area contributed by atoms with Gasteiger partial charge in [0.05, 0.1) is 4.90 Å². The molecule has 0 aliphatic heterocycles. The van der Waals surface area contributed by atoms with Gasteiger partial charge in [0.1, 0.15) is 5.75 Å². The van der Waals surface area contributed by atoms with Crippen LogP contribution < -0.4 is 15.0 Å². The summed E-state index contributed by atoms with van der Waals surface area (Å²) in [7, 11) is -3.82. The highest BCUT2D eigenvalue weighted by molar-refractivity contribution is 7.89. The van der Waals surface area contributed by atoms with Crippen LogP contribution >= 0.6 is 0 Å². The van der Waals surface area contributed by atoms with E-state index in [2.05, 4.69) is 10.3 Å². The number of carbonyl (C=O) groups excluding carboxylic acids is 1. The van der Waals surface area contributed by atoms with Crippen molar-refractivity contribution in [2.75, 3.05) is 6.61 Å². The summed E-state index contributed by atoms with van der Waals surface area (Å²) in [5, 5.41) is 0. The van der Waals surface area contributed by atoms with Crippen molar-refractivity contribution in [3.05, 3.63) is 59.2 Å². The molecule has 138 valence electrons. The van der Waals surface area contributed by atoms with Crippen molar-refractivity contribution in [1.82, 2.24) is 10.3 Å². The first-order chi connectivity index (χ1) is 12.5. The third-order valence-corrected chi connectivity index (χ3v) is 5.65. The predicted octanol–water partition coefficient (Wildman–Crippen LogP) is 2.26. The van der Waals surface area contributed by atoms with E-state index in [4.69, 9.17) is 4.74 Å². The molecule has 0 aromatic heterocycles. The molecule has 2 aromatic carbocycles. The monoisotopic (exact) mass is 374 g/mol. The van der Waals surface area contributed by atoms with Crippen LogP contribution in [0, 0.1) is 6.92 Å². The molecule has 1 amide bonds. The summed E-state index contributed by atoms with van der Waals surface area (Å²) in [6.45, 7) is 1.59. The molecular formula is C19H22N2O4S. The lowest BCUT2D eigenvalue weighted by Gasteiger charge is -2.17. The first kappa shape index (κ1) is 18.4. The van der Waals surface area contributed by atoms with Crippen LogP contribution in [-0.2, 0) is 27.7 Å². The minimum atomic E-state index is -3.82. The highest BCUT2D eigenvalue weighted by Crippen LogP contribution is 2.23. The fraction of sp³-hybridized carbons (Fsp3) is 0.316. The zero-order valence-corrected chi connectivity index (χ0v) is 15.4. The molecule has 1 aliphatic carbocycles. The third kappa shape index (κ3) is 4.42. The number of sulfonamides is 1. The minimum Gasteiger partial charge on any atom is -0.483 e. The Labute approximate surface area is 153 Å². The predicted molar refractivity (Wildman–Crippen MR) is 98.2 cm³/mol. The molecule has 0 spiro atoms. The van der Waals surface area contributed by atoms with Crippen molar-refractivity contribution in [3.63, 3.8) is 0 Å². The Bertz CT molecular complexity index is 910. The number of amides is 1. The molecule has 0 radical (unpaired) electrons. The maximum atomic E-state index is 12.4. The molecule has 0 saturated heterocycles. The van der Waals surface area contributed by atoms with E-state index in [0.717, 1.165) is 36.8 Å². The first-order valence-electron chi connectivity index (χ1n) is 8.56. The Balaban J connectivity index is 1.58. The zero-order valence-electron chi connectivity index (χ0n) is 14.6. The fourth-order valence-electron chi connectivity index (χ4n) is 2.96. The number of nitrogens with one attached hydrogen (secondary N) is 2. The highest BCUT2D eigenvalue weighted by Gasteiger charge is 2.18. The Morgan fingerprint density at radius 2 is 1.81 bits per heavy atom. The van der Waals surface area contributed by atoms with Gasteiger partial charge in [-0.15, -0.1) is 4.83 Å². The van der Waals surface area contributed by atoms with Gasteiger partial charge < -0.3 is 4.74 Å². The molecule has 0 saturated carbocycles. The van der Waals surface area contributed by atoms with Gasteiger partial charge in [-0.3, -0.25) is 10.2 Å². The van der Waals surface area contributed by atoms with Gasteiger partial charge in [0, 0.05) is 0 Å². The van der Waals surface area contributed by atoms with E-state index in [1.54, 1.807) is 24.3 Å². The number of benzene rings is 2. The summed E-state index contributed by atoms with van der Waals surface area (Å²) < 4.78 is 30.2. The molecule has 7 heteroatoms. The SMILES string of the molecule is Cc1ccccc1OCC(=O)NNS(=O)(=O)c1ccc2c(c1)CCCC2. The summed E-state index contributed by atoms with van der Waals surface area (Å²) in [4.78, 5) is 14.2. The maximum Gasteiger partial charge on any atom is 0.272 e. The molecule has 3 rings (SSSR count). The molecule has 0 unspecified atom stereocenters. The van der Waals surface area contributed by atoms with Crippen molar-refractivity contribution in [2.45, 2.75) is 37.5 Å². The lowest BCUT2D eigenvalue weighted by Crippen LogP contribution is -2.43. The molecule has 26 heavy (non-hydrogen) atoms. The van der Waals surface area contributed by atoms with Crippen LogP contribution in [0.25, 0.3) is 0 Å². The van der Waals surface area contributed by atoms with E-state index in [0.29, 0.717) is 5.75 Å². The fourth-order valence-corrected chi connectivity index (χ4v) is 3.87. The third-order valence-electron chi connectivity index (χ3n) is 4.41. The number of fused-ring (bicyclic) bond motifs is 1. The molecule has 1 aliphatic rings. The highest BCUT2D eigenvalue weighted by atomic mass is 32.2. The van der Waals surface area contributed by atoms with Crippen LogP contribution in [0.4, 0.5) is 0 Å². The van der Waals surface area contributed by atoms with Crippen LogP contribution in [0.3, 0.4) is 0 Å². The second-order valence-corrected chi connectivity index (χ2v) is 8.03. The quantitative estimate of drug-likeness (QED) is 0.760. The first-order valence-corrected chi connectivity index (χ1v) is 10.0. The minimum absolute atomic E-state index is 0.151. The number of aryl methyl sites for hydroxylation is 3. The van der Waals surface area contributed by atoms with Crippen molar-refractivity contribution in [3.8, 4) is 5.75 Å². The Kier molecular flexibility index (Phi) is 5.58. The second-order valence-electron chi connectivity index (χ2n) is 6.35. The van der Waals surface area contributed by atoms with Crippen LogP contribution in [0.1, 0.15) is 29.5 Å². The number of para-hydroxylation sites is 1. The molecule has 0 heterocycles. The summed E-state index contributed by atoms with van der Waals surface area (Å²) in [6.07, 6.45) is 4.07. The Morgan fingerprint density at radius 3 is 2.58 bits per heavy atom. The van der Waals surface area contributed by atoms with Gasteiger partial charge in [0.25, 0.3) is 15.9 Å². The zero-order chi connectivity index (χ0) is 18.6. The number of hydrogen-bond donors (Lipinski definition) is 2. The topological polar surface area (TPSA) is 84.5 Å². The average molecular weight is 374 g/mol. The summed E-state index contributed by atoms with van der Waals surface area (Å²) >= 11 is 0. The van der Waals surface area contributed by atoms with E-state index < -0.39 is 15.9 Å². The summed E-state index contributed by atoms with van der Waals surface area (Å²) in [5.74, 6) is 0.00924. The van der Waals surface area contributed by atoms with Gasteiger partial charge in [0.2, 0.25) is 0 Å². The average Bonchev–Trinajstić information content (AvgIpc) is 2.65. The van der Waals surface area contributed by atoms with Crippen molar-refractivity contribution < 1.29 is 17.9 Å². The van der Waals surface area contributed by atoms with E-state index in [1.807, 2.05) is 25.1 Å². The van der Waals surface area contributed by atoms with E-state index in [1.165, 1.54) is 5.56 Å². The van der Waals surface area contributed by atoms with Crippen LogP contribution in [0.5, 0.6) is 5.75 Å². The van der Waals surface area contributed by atoms with Gasteiger partial charge in [-0.1, -0.05) is 24.3 Å². The van der Waals surface area contributed by atoms with Crippen LogP contribution in [0.15, 0.2) is 47.4 Å². The largest absolute Gasteiger partial charge is 0.483 e. The summed E-state index contributed by atoms with van der Waals surface area (Å²) in [5.41, 5.74) is 5.35. The van der Waals surface area contributed by atoms with E-state index in [-0.39, 0.29) is 11.5 Å². The molecule has 6 nitrogen and oxygen atoms in total. The van der Waals surface area contributed by atoms with Crippen molar-refractivity contribution in [2.24, 2.45) is 0 Å². The van der Waals surface area contributed by atoms with Crippen LogP contribution in [0.2, 0.25) is 0 Å². The van der Waals surface area contributed by atoms with Crippen molar-refractivity contribution >= 4 is 15.9 Å². The Morgan fingerprint density at radius 1 is 1.08 bits per heavy atom. The number of carbonyl (C=O) groups is 1. The van der Waals surface area contributed by atoms with Gasteiger partial charge >= 0.3 is 0 Å². The van der Waals surface area contributed by atoms with Gasteiger partial charge in [-0.25, -0.2) is 8.42 Å². The number of hydrogen-bond acceptors (Lipinski definition) is 4. The molecule has 2 N–H and O–H groups in total. The maximum absolute atomic E-state index is 12.4. The lowest BCUT2D eigenvalue weighted by molar-refractivity contribution is -0.123. The van der Waals surface area contributed by atoms with Gasteiger partial charge in [-0.2, -0.15) is 0 Å². The standard InChI is InChI=1S/C19H22N2O4S/c1-14-6-2-5-9-18(14)25-13-19(22)20-21-26(23,24)17-11-10-15-7-3-4-8-16(15)12-17/h2,5-6,9-12,21H,3-4,7-8,13H2,1H3,(H,20,22). The molecule has 2 aromatic rings. The second kappa shape index (κ2) is 7.88. The Hall–Kier alpha value is -2.38. The lowest BCUT2D eigenvalue weighted by atomic mass is 9.92. The number of rotatable bonds is 6. The van der Waals surface area contributed by atoms with E-state index >= 15 is 0 Å². The number of hydrazine groups is 1. The molecule has 0 atom stereocenters. The smallest absolute Gasteiger partial charge is 0.272 e. The van der Waals surface area contributed by atoms with Gasteiger partial charge in [0.15, 0.2) is 6.61 Å². The molecule has 0 bridgehead atoms. The summed E-state index contributed by atoms with van der Waals surface area (Å²) in [6, 6.07) is 12.4. The number of ether oxygens (including phenoxy) is 1. The van der Waals surface area contributed by atoms with Crippen LogP contribution in [-0.4, -0.2) is 20.9 Å². The van der Waals surface area contributed by atoms with E-state index in [9.17, 15) is 13.2 Å². The normalized spacial score (nSPS) is 13.7.